The van der Waals surface area contributed by atoms with Crippen LogP contribution in [-0.4, -0.2) is 22.0 Å². The van der Waals surface area contributed by atoms with Gasteiger partial charge in [-0.05, 0) is 73.1 Å². The fraction of sp³-hybridized carbons (Fsp3) is 0.321. The molecule has 34 heavy (non-hydrogen) atoms. The summed E-state index contributed by atoms with van der Waals surface area (Å²) < 4.78 is 0. The van der Waals surface area contributed by atoms with E-state index in [9.17, 15) is 14.7 Å². The maximum Gasteiger partial charge on any atom is 0.336 e. The van der Waals surface area contributed by atoms with E-state index < -0.39 is 5.97 Å². The Kier molecular flexibility index (Phi) is 7.84. The second kappa shape index (κ2) is 10.6. The van der Waals surface area contributed by atoms with Crippen LogP contribution in [0.1, 0.15) is 57.8 Å². The monoisotopic (exact) mass is 459 g/mol. The summed E-state index contributed by atoms with van der Waals surface area (Å²) in [5.41, 5.74) is 14.1. The highest BCUT2D eigenvalue weighted by Gasteiger charge is 2.21. The first-order valence-corrected chi connectivity index (χ1v) is 11.5. The highest BCUT2D eigenvalue weighted by Crippen LogP contribution is 2.33. The van der Waals surface area contributed by atoms with Crippen molar-refractivity contribution < 1.29 is 14.7 Å². The number of nitrogens with zero attached hydrogens (tertiary/aromatic N) is 1. The Bertz CT molecular complexity index is 1210. The van der Waals surface area contributed by atoms with Gasteiger partial charge in [0.2, 0.25) is 5.91 Å². The molecule has 2 aromatic carbocycles. The summed E-state index contributed by atoms with van der Waals surface area (Å²) in [5, 5.41) is 12.3. The van der Waals surface area contributed by atoms with Gasteiger partial charge in [-0.25, -0.2) is 4.79 Å². The first-order valence-electron chi connectivity index (χ1n) is 11.5. The van der Waals surface area contributed by atoms with Crippen molar-refractivity contribution in [1.29, 1.82) is 0 Å². The summed E-state index contributed by atoms with van der Waals surface area (Å²) in [6.45, 7) is 10.3. The molecule has 1 aromatic heterocycles. The second-order valence-corrected chi connectivity index (χ2v) is 9.15. The van der Waals surface area contributed by atoms with Crippen molar-refractivity contribution in [3.63, 3.8) is 0 Å². The van der Waals surface area contributed by atoms with Gasteiger partial charge in [-0.2, -0.15) is 0 Å². The molecule has 0 saturated heterocycles. The third-order valence-corrected chi connectivity index (χ3v) is 6.01. The molecule has 4 N–H and O–H groups in total. The van der Waals surface area contributed by atoms with Gasteiger partial charge in [-0.3, -0.25) is 9.78 Å². The number of carbonyl (C=O) groups is 2. The van der Waals surface area contributed by atoms with E-state index in [-0.39, 0.29) is 17.9 Å². The van der Waals surface area contributed by atoms with E-state index in [1.165, 1.54) is 6.07 Å². The van der Waals surface area contributed by atoms with Crippen LogP contribution < -0.4 is 11.1 Å². The number of benzene rings is 2. The number of carboxylic acid groups (broad SMARTS) is 1. The molecule has 0 atom stereocenters. The molecule has 0 radical (unpaired) electrons. The van der Waals surface area contributed by atoms with Crippen LogP contribution in [-0.2, 0) is 24.2 Å². The fourth-order valence-electron chi connectivity index (χ4n) is 4.26. The first-order chi connectivity index (χ1) is 16.1. The molecular weight excluding hydrogens is 426 g/mol. The summed E-state index contributed by atoms with van der Waals surface area (Å²) in [4.78, 5) is 29.5. The molecule has 6 heteroatoms. The minimum atomic E-state index is -1.02. The van der Waals surface area contributed by atoms with Crippen molar-refractivity contribution in [1.82, 2.24) is 4.98 Å². The van der Waals surface area contributed by atoms with Gasteiger partial charge in [0.1, 0.15) is 0 Å². The molecule has 1 amide bonds. The van der Waals surface area contributed by atoms with Crippen LogP contribution in [0.5, 0.6) is 0 Å². The number of nitrogens with one attached hydrogen (secondary N) is 1. The number of aromatic carboxylic acids is 1. The average molecular weight is 460 g/mol. The fourth-order valence-corrected chi connectivity index (χ4v) is 4.26. The summed E-state index contributed by atoms with van der Waals surface area (Å²) in [5.74, 6) is -0.839. The maximum atomic E-state index is 13.1. The van der Waals surface area contributed by atoms with Crippen molar-refractivity contribution in [2.75, 3.05) is 5.32 Å². The van der Waals surface area contributed by atoms with Crippen LogP contribution in [0.25, 0.3) is 11.1 Å². The van der Waals surface area contributed by atoms with Gasteiger partial charge in [0.15, 0.2) is 0 Å². The molecule has 1 heterocycles. The van der Waals surface area contributed by atoms with Gasteiger partial charge >= 0.3 is 5.97 Å². The van der Waals surface area contributed by atoms with E-state index in [1.807, 2.05) is 13.8 Å². The van der Waals surface area contributed by atoms with Gasteiger partial charge in [0, 0.05) is 23.6 Å². The van der Waals surface area contributed by atoms with Gasteiger partial charge < -0.3 is 16.2 Å². The number of rotatable bonds is 8. The van der Waals surface area contributed by atoms with Crippen LogP contribution >= 0.6 is 0 Å². The molecule has 0 saturated carbocycles. The number of hydrogen-bond acceptors (Lipinski definition) is 4. The normalized spacial score (nSPS) is 11.0. The van der Waals surface area contributed by atoms with Crippen LogP contribution in [0.3, 0.4) is 0 Å². The Morgan fingerprint density at radius 1 is 1.03 bits per heavy atom. The van der Waals surface area contributed by atoms with Crippen LogP contribution in [0.15, 0.2) is 42.5 Å². The van der Waals surface area contributed by atoms with E-state index in [0.717, 1.165) is 45.6 Å². The molecule has 0 fully saturated rings. The molecule has 6 nitrogen and oxygen atoms in total. The number of amides is 1. The van der Waals surface area contributed by atoms with Crippen molar-refractivity contribution in [2.24, 2.45) is 11.7 Å². The first kappa shape index (κ1) is 25.1. The van der Waals surface area contributed by atoms with Crippen LogP contribution in [0.2, 0.25) is 0 Å². The van der Waals surface area contributed by atoms with E-state index in [2.05, 4.69) is 43.4 Å². The smallest absolute Gasteiger partial charge is 0.336 e. The Balaban J connectivity index is 2.07. The van der Waals surface area contributed by atoms with Gasteiger partial charge in [-0.1, -0.05) is 49.7 Å². The number of anilines is 1. The Morgan fingerprint density at radius 3 is 2.29 bits per heavy atom. The van der Waals surface area contributed by atoms with Crippen molar-refractivity contribution in [3.05, 3.63) is 81.7 Å². The lowest BCUT2D eigenvalue weighted by Crippen LogP contribution is -2.20. The Morgan fingerprint density at radius 2 is 1.71 bits per heavy atom. The molecule has 178 valence electrons. The minimum absolute atomic E-state index is 0.105. The lowest BCUT2D eigenvalue weighted by Gasteiger charge is -2.21. The van der Waals surface area contributed by atoms with Crippen LogP contribution in [0, 0.1) is 26.7 Å². The summed E-state index contributed by atoms with van der Waals surface area (Å²) in [7, 11) is 0. The SMILES string of the molecule is Cc1ccc(-c2c(CC(=O)Nc3cccc(C(=O)O)c3C)c(C)nc(CC(C)C)c2CN)cc1. The second-order valence-electron chi connectivity index (χ2n) is 9.15. The van der Waals surface area contributed by atoms with E-state index in [1.54, 1.807) is 19.1 Å². The third-order valence-electron chi connectivity index (χ3n) is 6.01. The quantitative estimate of drug-likeness (QED) is 0.429. The maximum absolute atomic E-state index is 13.1. The number of aromatic nitrogens is 1. The van der Waals surface area contributed by atoms with Crippen molar-refractivity contribution in [2.45, 2.75) is 54.0 Å². The highest BCUT2D eigenvalue weighted by atomic mass is 16.4. The molecule has 0 bridgehead atoms. The molecular formula is C28H33N3O3. The number of carbonyl (C=O) groups excluding carboxylic acids is 1. The number of aryl methyl sites for hydroxylation is 2. The Hall–Kier alpha value is -3.51. The predicted molar refractivity (Wildman–Crippen MR) is 136 cm³/mol. The average Bonchev–Trinajstić information content (AvgIpc) is 2.77. The molecule has 0 spiro atoms. The number of carboxylic acids is 1. The van der Waals surface area contributed by atoms with Crippen LogP contribution in [0.4, 0.5) is 5.69 Å². The lowest BCUT2D eigenvalue weighted by molar-refractivity contribution is -0.115. The zero-order valence-electron chi connectivity index (χ0n) is 20.5. The van der Waals surface area contributed by atoms with E-state index >= 15 is 0 Å². The molecule has 3 rings (SSSR count). The summed E-state index contributed by atoms with van der Waals surface area (Å²) >= 11 is 0. The third kappa shape index (κ3) is 5.51. The zero-order valence-corrected chi connectivity index (χ0v) is 20.5. The number of pyridine rings is 1. The number of hydrogen-bond donors (Lipinski definition) is 3. The highest BCUT2D eigenvalue weighted by molar-refractivity contribution is 5.97. The molecule has 0 aliphatic carbocycles. The van der Waals surface area contributed by atoms with Crippen molar-refractivity contribution >= 4 is 17.6 Å². The van der Waals surface area contributed by atoms with E-state index in [0.29, 0.717) is 23.7 Å². The Labute approximate surface area is 201 Å². The number of nitrogens with two attached hydrogens (primary N) is 1. The van der Waals surface area contributed by atoms with Gasteiger partial charge in [0.25, 0.3) is 0 Å². The zero-order chi connectivity index (χ0) is 25.0. The summed E-state index contributed by atoms with van der Waals surface area (Å²) in [6.07, 6.45) is 0.910. The molecule has 0 aliphatic heterocycles. The standard InChI is InChI=1S/C28H33N3O3/c1-16(2)13-25-23(15-29)27(20-11-9-17(3)10-12-20)22(19(5)30-25)14-26(32)31-24-8-6-7-21(18(24)4)28(33)34/h6-12,16H,13-15,29H2,1-5H3,(H,31,32)(H,33,34). The molecule has 0 aliphatic rings. The topological polar surface area (TPSA) is 105 Å². The molecule has 0 unspecified atom stereocenters. The largest absolute Gasteiger partial charge is 0.478 e. The van der Waals surface area contributed by atoms with Gasteiger partial charge in [-0.15, -0.1) is 0 Å². The molecule has 3 aromatic rings. The summed E-state index contributed by atoms with van der Waals surface area (Å²) in [6, 6.07) is 13.1. The van der Waals surface area contributed by atoms with Gasteiger partial charge in [0.05, 0.1) is 12.0 Å². The lowest BCUT2D eigenvalue weighted by atomic mass is 9.88. The van der Waals surface area contributed by atoms with Crippen molar-refractivity contribution in [3.8, 4) is 11.1 Å². The predicted octanol–water partition coefficient (Wildman–Crippen LogP) is 5.21. The minimum Gasteiger partial charge on any atom is -0.478 e. The van der Waals surface area contributed by atoms with E-state index in [4.69, 9.17) is 10.7 Å².